The van der Waals surface area contributed by atoms with Gasteiger partial charge in [0.15, 0.2) is 0 Å². The van der Waals surface area contributed by atoms with Crippen LogP contribution in [0.3, 0.4) is 0 Å². The standard InChI is InChI=1S/C24H21F3N4O3S2/c1-17(31-13-12-28-30-31)36(32)16-19-2-7-21(8-3-19)33-14-20-15-34-23(29-20)11-6-18-4-9-22(10-5-18)35-24(25,26)27/h2-13,15,17H,14,16H2,1H3/b11-6+. The van der Waals surface area contributed by atoms with Crippen molar-refractivity contribution in [2.45, 2.75) is 35.1 Å². The van der Waals surface area contributed by atoms with Crippen LogP contribution < -0.4 is 4.74 Å². The van der Waals surface area contributed by atoms with E-state index in [-0.39, 0.29) is 28.6 Å². The highest BCUT2D eigenvalue weighted by Crippen LogP contribution is 2.36. The predicted octanol–water partition coefficient (Wildman–Crippen LogP) is 6.09. The third-order valence-corrected chi connectivity index (χ3v) is 7.25. The fourth-order valence-corrected chi connectivity index (χ4v) is 4.72. The lowest BCUT2D eigenvalue weighted by molar-refractivity contribution is -0.0328. The highest BCUT2D eigenvalue weighted by atomic mass is 32.2. The third kappa shape index (κ3) is 7.56. The van der Waals surface area contributed by atoms with Crippen LogP contribution in [0.25, 0.3) is 12.2 Å². The van der Waals surface area contributed by atoms with Crippen LogP contribution >= 0.6 is 11.8 Å². The Hall–Kier alpha value is -3.38. The lowest BCUT2D eigenvalue weighted by Crippen LogP contribution is -2.13. The lowest BCUT2D eigenvalue weighted by Gasteiger charge is -2.11. The van der Waals surface area contributed by atoms with E-state index in [1.807, 2.05) is 19.1 Å². The average Bonchev–Trinajstić information content (AvgIpc) is 3.54. The van der Waals surface area contributed by atoms with Gasteiger partial charge in [0.2, 0.25) is 5.89 Å². The molecule has 0 aliphatic rings. The minimum absolute atomic E-state index is 0.123. The molecule has 0 radical (unpaired) electrons. The van der Waals surface area contributed by atoms with Crippen molar-refractivity contribution in [1.29, 1.82) is 0 Å². The molecular formula is C24H21F3N4O3S2. The van der Waals surface area contributed by atoms with Crippen molar-refractivity contribution in [3.63, 3.8) is 0 Å². The first-order valence-corrected chi connectivity index (χ1v) is 12.9. The van der Waals surface area contributed by atoms with Gasteiger partial charge in [-0.15, -0.1) is 5.10 Å². The molecule has 7 nitrogen and oxygen atoms in total. The molecule has 188 valence electrons. The molecule has 4 aromatic rings. The van der Waals surface area contributed by atoms with Gasteiger partial charge in [-0.3, -0.25) is 4.21 Å². The second kappa shape index (κ2) is 11.6. The molecule has 0 spiro atoms. The number of rotatable bonds is 10. The van der Waals surface area contributed by atoms with Crippen LogP contribution in [0, 0.1) is 0 Å². The van der Waals surface area contributed by atoms with Crippen molar-refractivity contribution in [1.82, 2.24) is 20.0 Å². The number of ether oxygens (including phenoxy) is 1. The van der Waals surface area contributed by atoms with E-state index in [4.69, 9.17) is 9.15 Å². The second-order valence-corrected chi connectivity index (χ2v) is 10.4. The molecule has 4 rings (SSSR count). The molecule has 2 atom stereocenters. The SMILES string of the molecule is CC(n1ccnn1)S(=O)Cc1ccc(OCc2coc(/C=C/c3ccc(SC(F)(F)F)cc3)n2)cc1. The van der Waals surface area contributed by atoms with E-state index in [0.29, 0.717) is 28.7 Å². The van der Waals surface area contributed by atoms with E-state index in [0.717, 1.165) is 5.56 Å². The van der Waals surface area contributed by atoms with E-state index >= 15 is 0 Å². The Balaban J connectivity index is 1.26. The van der Waals surface area contributed by atoms with Crippen LogP contribution in [-0.2, 0) is 23.2 Å². The Bertz CT molecular complexity index is 1310. The topological polar surface area (TPSA) is 83.0 Å². The summed E-state index contributed by atoms with van der Waals surface area (Å²) >= 11 is -0.153. The molecule has 0 amide bonds. The summed E-state index contributed by atoms with van der Waals surface area (Å²) in [7, 11) is -1.16. The molecule has 0 saturated carbocycles. The zero-order valence-corrected chi connectivity index (χ0v) is 20.6. The Labute approximate surface area is 211 Å². The molecule has 0 aliphatic carbocycles. The van der Waals surface area contributed by atoms with Gasteiger partial charge >= 0.3 is 5.51 Å². The number of alkyl halides is 3. The third-order valence-electron chi connectivity index (χ3n) is 4.91. The van der Waals surface area contributed by atoms with Crippen molar-refractivity contribution < 1.29 is 26.5 Å². The summed E-state index contributed by atoms with van der Waals surface area (Å²) in [6.45, 7) is 2.02. The van der Waals surface area contributed by atoms with Crippen molar-refractivity contribution >= 4 is 34.7 Å². The van der Waals surface area contributed by atoms with Gasteiger partial charge in [0.25, 0.3) is 0 Å². The molecule has 0 bridgehead atoms. The lowest BCUT2D eigenvalue weighted by atomic mass is 10.2. The average molecular weight is 535 g/mol. The van der Waals surface area contributed by atoms with Gasteiger partial charge in [0.1, 0.15) is 29.7 Å². The summed E-state index contributed by atoms with van der Waals surface area (Å²) in [6, 6.07) is 13.3. The summed E-state index contributed by atoms with van der Waals surface area (Å²) in [5, 5.41) is 7.35. The van der Waals surface area contributed by atoms with Gasteiger partial charge in [0.05, 0.1) is 22.7 Å². The van der Waals surface area contributed by atoms with Gasteiger partial charge in [-0.05, 0) is 60.2 Å². The summed E-state index contributed by atoms with van der Waals surface area (Å²) in [5.41, 5.74) is -2.10. The molecule has 0 aliphatic heterocycles. The molecule has 0 saturated heterocycles. The molecule has 2 heterocycles. The van der Waals surface area contributed by atoms with Gasteiger partial charge in [0, 0.05) is 17.2 Å². The van der Waals surface area contributed by atoms with E-state index < -0.39 is 16.3 Å². The van der Waals surface area contributed by atoms with Crippen LogP contribution in [-0.4, -0.2) is 29.7 Å². The Morgan fingerprint density at radius 2 is 1.89 bits per heavy atom. The number of oxazole rings is 1. The maximum absolute atomic E-state index is 12.5. The minimum Gasteiger partial charge on any atom is -0.487 e. The van der Waals surface area contributed by atoms with Crippen LogP contribution in [0.5, 0.6) is 5.75 Å². The zero-order chi connectivity index (χ0) is 25.5. The largest absolute Gasteiger partial charge is 0.487 e. The Kier molecular flexibility index (Phi) is 8.26. The number of benzene rings is 2. The summed E-state index contributed by atoms with van der Waals surface area (Å²) in [4.78, 5) is 4.45. The fourth-order valence-electron chi connectivity index (χ4n) is 3.07. The second-order valence-electron chi connectivity index (χ2n) is 7.57. The normalized spacial score (nSPS) is 13.7. The van der Waals surface area contributed by atoms with Crippen molar-refractivity contribution in [2.75, 3.05) is 0 Å². The molecule has 2 aromatic heterocycles. The molecule has 0 N–H and O–H groups in total. The van der Waals surface area contributed by atoms with E-state index in [1.54, 1.807) is 53.5 Å². The Morgan fingerprint density at radius 1 is 1.14 bits per heavy atom. The molecule has 0 fully saturated rings. The van der Waals surface area contributed by atoms with E-state index in [1.165, 1.54) is 18.4 Å². The van der Waals surface area contributed by atoms with Gasteiger partial charge in [-0.25, -0.2) is 9.67 Å². The zero-order valence-electron chi connectivity index (χ0n) is 19.0. The first-order chi connectivity index (χ1) is 17.2. The summed E-state index contributed by atoms with van der Waals surface area (Å²) in [5.74, 6) is 1.36. The Morgan fingerprint density at radius 3 is 2.56 bits per heavy atom. The summed E-state index contributed by atoms with van der Waals surface area (Å²) < 4.78 is 62.5. The van der Waals surface area contributed by atoms with Crippen LogP contribution in [0.4, 0.5) is 13.2 Å². The number of aromatic nitrogens is 4. The fraction of sp³-hybridized carbons (Fsp3) is 0.208. The van der Waals surface area contributed by atoms with Gasteiger partial charge < -0.3 is 9.15 Å². The first kappa shape index (κ1) is 25.7. The highest BCUT2D eigenvalue weighted by Gasteiger charge is 2.28. The number of thioether (sulfide) groups is 1. The molecule has 2 aromatic carbocycles. The van der Waals surface area contributed by atoms with Gasteiger partial charge in [-0.2, -0.15) is 13.2 Å². The molecule has 36 heavy (non-hydrogen) atoms. The van der Waals surface area contributed by atoms with Crippen molar-refractivity contribution in [3.05, 3.63) is 89.9 Å². The van der Waals surface area contributed by atoms with Crippen molar-refractivity contribution in [2.24, 2.45) is 0 Å². The molecule has 2 unspecified atom stereocenters. The first-order valence-electron chi connectivity index (χ1n) is 10.7. The number of halogens is 3. The maximum atomic E-state index is 12.5. The molecule has 12 heteroatoms. The minimum atomic E-state index is -4.31. The highest BCUT2D eigenvalue weighted by molar-refractivity contribution is 8.00. The van der Waals surface area contributed by atoms with E-state index in [9.17, 15) is 17.4 Å². The maximum Gasteiger partial charge on any atom is 0.446 e. The monoisotopic (exact) mass is 534 g/mol. The number of hydrogen-bond acceptors (Lipinski definition) is 7. The van der Waals surface area contributed by atoms with Crippen LogP contribution in [0.2, 0.25) is 0 Å². The smallest absolute Gasteiger partial charge is 0.446 e. The molecular weight excluding hydrogens is 513 g/mol. The van der Waals surface area contributed by atoms with E-state index in [2.05, 4.69) is 15.3 Å². The van der Waals surface area contributed by atoms with Crippen LogP contribution in [0.15, 0.2) is 76.5 Å². The van der Waals surface area contributed by atoms with Gasteiger partial charge in [-0.1, -0.05) is 29.5 Å². The number of nitrogens with zero attached hydrogens (tertiary/aromatic N) is 4. The summed E-state index contributed by atoms with van der Waals surface area (Å²) in [6.07, 6.45) is 8.04. The quantitative estimate of drug-likeness (QED) is 0.228. The van der Waals surface area contributed by atoms with Crippen molar-refractivity contribution in [3.8, 4) is 5.75 Å². The number of hydrogen-bond donors (Lipinski definition) is 0. The van der Waals surface area contributed by atoms with Crippen LogP contribution in [0.1, 0.15) is 35.0 Å². The predicted molar refractivity (Wildman–Crippen MR) is 131 cm³/mol.